The zero-order valence-corrected chi connectivity index (χ0v) is 12.7. The molecule has 0 spiro atoms. The number of anilines is 2. The van der Waals surface area contributed by atoms with Gasteiger partial charge in [0.15, 0.2) is 11.6 Å². The first kappa shape index (κ1) is 13.5. The van der Waals surface area contributed by atoms with E-state index in [1.54, 1.807) is 6.26 Å². The maximum atomic E-state index is 5.44. The number of hydrogen-bond acceptors (Lipinski definition) is 4. The Bertz CT molecular complexity index is 961. The first-order chi connectivity index (χ1) is 11.3. The lowest BCUT2D eigenvalue weighted by molar-refractivity contribution is 0.577. The van der Waals surface area contributed by atoms with Crippen LogP contribution in [0.4, 0.5) is 11.5 Å². The first-order valence-electron chi connectivity index (χ1n) is 7.44. The predicted octanol–water partition coefficient (Wildman–Crippen LogP) is 4.94. The van der Waals surface area contributed by atoms with Gasteiger partial charge in [-0.05, 0) is 42.8 Å². The Balaban J connectivity index is 1.89. The Morgan fingerprint density at radius 2 is 1.70 bits per heavy atom. The van der Waals surface area contributed by atoms with Crippen LogP contribution in [0.5, 0.6) is 0 Å². The third kappa shape index (κ3) is 2.55. The van der Waals surface area contributed by atoms with Crippen molar-refractivity contribution in [2.75, 3.05) is 5.32 Å². The molecule has 0 radical (unpaired) electrons. The summed E-state index contributed by atoms with van der Waals surface area (Å²) >= 11 is 0. The second-order valence-corrected chi connectivity index (χ2v) is 5.33. The molecule has 0 aliphatic heterocycles. The van der Waals surface area contributed by atoms with E-state index in [0.29, 0.717) is 11.6 Å². The van der Waals surface area contributed by atoms with Crippen molar-refractivity contribution in [3.05, 3.63) is 72.5 Å². The molecule has 4 rings (SSSR count). The van der Waals surface area contributed by atoms with Crippen molar-refractivity contribution in [2.24, 2.45) is 0 Å². The van der Waals surface area contributed by atoms with Gasteiger partial charge >= 0.3 is 0 Å². The van der Waals surface area contributed by atoms with Crippen LogP contribution in [0.3, 0.4) is 0 Å². The third-order valence-corrected chi connectivity index (χ3v) is 3.74. The van der Waals surface area contributed by atoms with E-state index in [4.69, 9.17) is 4.42 Å². The van der Waals surface area contributed by atoms with Crippen molar-refractivity contribution in [2.45, 2.75) is 6.92 Å². The molecule has 0 aliphatic carbocycles. The Morgan fingerprint density at radius 3 is 2.52 bits per heavy atom. The summed E-state index contributed by atoms with van der Waals surface area (Å²) in [5, 5.41) is 4.40. The SMILES string of the molecule is Cc1ccccc1Nc1nc(-c2ccco2)nc2ccccc12. The molecule has 2 heterocycles. The normalized spacial score (nSPS) is 10.8. The van der Waals surface area contributed by atoms with Crippen LogP contribution < -0.4 is 5.32 Å². The van der Waals surface area contributed by atoms with E-state index in [2.05, 4.69) is 28.3 Å². The van der Waals surface area contributed by atoms with E-state index >= 15 is 0 Å². The summed E-state index contributed by atoms with van der Waals surface area (Å²) < 4.78 is 5.44. The van der Waals surface area contributed by atoms with Gasteiger partial charge in [0, 0.05) is 11.1 Å². The molecule has 112 valence electrons. The van der Waals surface area contributed by atoms with Crippen LogP contribution in [0.2, 0.25) is 0 Å². The van der Waals surface area contributed by atoms with E-state index in [1.807, 2.05) is 54.6 Å². The molecule has 0 unspecified atom stereocenters. The maximum Gasteiger partial charge on any atom is 0.198 e. The average molecular weight is 301 g/mol. The summed E-state index contributed by atoms with van der Waals surface area (Å²) in [6.07, 6.45) is 1.63. The molecule has 0 bridgehead atoms. The first-order valence-corrected chi connectivity index (χ1v) is 7.44. The molecule has 0 saturated heterocycles. The Labute approximate surface area is 133 Å². The number of nitrogens with one attached hydrogen (secondary N) is 1. The van der Waals surface area contributed by atoms with E-state index in [-0.39, 0.29) is 0 Å². The van der Waals surface area contributed by atoms with Crippen LogP contribution in [0, 0.1) is 6.92 Å². The second kappa shape index (κ2) is 5.57. The fourth-order valence-electron chi connectivity index (χ4n) is 2.53. The fraction of sp³-hybridized carbons (Fsp3) is 0.0526. The van der Waals surface area contributed by atoms with Gasteiger partial charge in [-0.1, -0.05) is 30.3 Å². The van der Waals surface area contributed by atoms with Gasteiger partial charge in [-0.15, -0.1) is 0 Å². The van der Waals surface area contributed by atoms with Gasteiger partial charge in [0.25, 0.3) is 0 Å². The van der Waals surface area contributed by atoms with Gasteiger partial charge in [0.05, 0.1) is 11.8 Å². The quantitative estimate of drug-likeness (QED) is 0.582. The van der Waals surface area contributed by atoms with Crippen LogP contribution in [-0.4, -0.2) is 9.97 Å². The molecule has 4 aromatic rings. The van der Waals surface area contributed by atoms with Gasteiger partial charge < -0.3 is 9.73 Å². The topological polar surface area (TPSA) is 51.0 Å². The molecule has 1 N–H and O–H groups in total. The minimum Gasteiger partial charge on any atom is -0.461 e. The molecule has 0 atom stereocenters. The molecule has 0 aliphatic rings. The third-order valence-electron chi connectivity index (χ3n) is 3.74. The lowest BCUT2D eigenvalue weighted by Gasteiger charge is -2.12. The zero-order chi connectivity index (χ0) is 15.6. The molecule has 2 aromatic carbocycles. The lowest BCUT2D eigenvalue weighted by Crippen LogP contribution is -2.00. The van der Waals surface area contributed by atoms with Crippen LogP contribution in [-0.2, 0) is 0 Å². The minimum atomic E-state index is 0.574. The standard InChI is InChI=1S/C19H15N3O/c1-13-7-2-4-9-15(13)20-18-14-8-3-5-10-16(14)21-19(22-18)17-11-6-12-23-17/h2-12H,1H3,(H,20,21,22). The zero-order valence-electron chi connectivity index (χ0n) is 12.7. The number of aromatic nitrogens is 2. The molecule has 0 saturated carbocycles. The number of fused-ring (bicyclic) bond motifs is 1. The smallest absolute Gasteiger partial charge is 0.198 e. The molecule has 0 amide bonds. The minimum absolute atomic E-state index is 0.574. The predicted molar refractivity (Wildman–Crippen MR) is 91.7 cm³/mol. The van der Waals surface area contributed by atoms with Gasteiger partial charge in [-0.3, -0.25) is 0 Å². The number of rotatable bonds is 3. The summed E-state index contributed by atoms with van der Waals surface area (Å²) in [6, 6.07) is 19.8. The van der Waals surface area contributed by atoms with Gasteiger partial charge in [0.1, 0.15) is 5.82 Å². The van der Waals surface area contributed by atoms with Crippen molar-refractivity contribution < 1.29 is 4.42 Å². The molecule has 0 fully saturated rings. The van der Waals surface area contributed by atoms with Crippen LogP contribution in [0.1, 0.15) is 5.56 Å². The largest absolute Gasteiger partial charge is 0.461 e. The summed E-state index contributed by atoms with van der Waals surface area (Å²) in [4.78, 5) is 9.26. The van der Waals surface area contributed by atoms with E-state index in [1.165, 1.54) is 0 Å². The van der Waals surface area contributed by atoms with Crippen LogP contribution >= 0.6 is 0 Å². The highest BCUT2D eigenvalue weighted by Gasteiger charge is 2.11. The molecule has 2 aromatic heterocycles. The number of aryl methyl sites for hydroxylation is 1. The number of hydrogen-bond donors (Lipinski definition) is 1. The average Bonchev–Trinajstić information content (AvgIpc) is 3.11. The molecule has 23 heavy (non-hydrogen) atoms. The van der Waals surface area contributed by atoms with Crippen molar-refractivity contribution in [1.29, 1.82) is 0 Å². The van der Waals surface area contributed by atoms with Gasteiger partial charge in [-0.2, -0.15) is 0 Å². The lowest BCUT2D eigenvalue weighted by atomic mass is 10.2. The van der Waals surface area contributed by atoms with Gasteiger partial charge in [-0.25, -0.2) is 9.97 Å². The summed E-state index contributed by atoms with van der Waals surface area (Å²) in [5.41, 5.74) is 3.07. The number of para-hydroxylation sites is 2. The summed E-state index contributed by atoms with van der Waals surface area (Å²) in [6.45, 7) is 2.07. The van der Waals surface area contributed by atoms with Crippen molar-refractivity contribution in [3.63, 3.8) is 0 Å². The number of nitrogens with zero attached hydrogens (tertiary/aromatic N) is 2. The van der Waals surface area contributed by atoms with Crippen molar-refractivity contribution >= 4 is 22.4 Å². The van der Waals surface area contributed by atoms with Gasteiger partial charge in [0.2, 0.25) is 0 Å². The highest BCUT2D eigenvalue weighted by molar-refractivity contribution is 5.92. The van der Waals surface area contributed by atoms with Crippen LogP contribution in [0.25, 0.3) is 22.5 Å². The Kier molecular flexibility index (Phi) is 3.27. The van der Waals surface area contributed by atoms with Crippen LogP contribution in [0.15, 0.2) is 71.3 Å². The Hall–Kier alpha value is -3.14. The monoisotopic (exact) mass is 301 g/mol. The second-order valence-electron chi connectivity index (χ2n) is 5.33. The highest BCUT2D eigenvalue weighted by atomic mass is 16.3. The Morgan fingerprint density at radius 1 is 0.870 bits per heavy atom. The maximum absolute atomic E-state index is 5.44. The summed E-state index contributed by atoms with van der Waals surface area (Å²) in [7, 11) is 0. The van der Waals surface area contributed by atoms with E-state index in [0.717, 1.165) is 28.0 Å². The van der Waals surface area contributed by atoms with E-state index < -0.39 is 0 Å². The van der Waals surface area contributed by atoms with Crippen molar-refractivity contribution in [1.82, 2.24) is 9.97 Å². The number of furan rings is 1. The fourth-order valence-corrected chi connectivity index (χ4v) is 2.53. The van der Waals surface area contributed by atoms with Crippen molar-refractivity contribution in [3.8, 4) is 11.6 Å². The summed E-state index contributed by atoms with van der Waals surface area (Å²) in [5.74, 6) is 2.00. The molecular formula is C19H15N3O. The highest BCUT2D eigenvalue weighted by Crippen LogP contribution is 2.28. The molecule has 4 nitrogen and oxygen atoms in total. The number of benzene rings is 2. The molecule has 4 heteroatoms. The molecular weight excluding hydrogens is 286 g/mol. The van der Waals surface area contributed by atoms with E-state index in [9.17, 15) is 0 Å².